The van der Waals surface area contributed by atoms with E-state index in [1.165, 1.54) is 64.2 Å². The van der Waals surface area contributed by atoms with Crippen LogP contribution in [0, 0.1) is 46.3 Å². The smallest absolute Gasteiger partial charge is 0.151 e. The SMILES string of the molecule is CCC1CCC(C2CC[C@]3(CC2)C(=O)[C@@]2(CCC(C4CCC(CC)CC4)CC2)[C@H]3F)CC1. The van der Waals surface area contributed by atoms with Crippen molar-refractivity contribution in [1.29, 1.82) is 0 Å². The van der Waals surface area contributed by atoms with E-state index in [4.69, 9.17) is 0 Å². The maximum absolute atomic E-state index is 16.0. The van der Waals surface area contributed by atoms with Crippen molar-refractivity contribution >= 4 is 5.78 Å². The van der Waals surface area contributed by atoms with Gasteiger partial charge in [-0.1, -0.05) is 52.4 Å². The monoisotopic (exact) mass is 444 g/mol. The summed E-state index contributed by atoms with van der Waals surface area (Å²) in [5.74, 6) is 5.51. The number of Topliss-reactive ketones (excluding diaryl/α,β-unsaturated/α-hetero) is 1. The van der Waals surface area contributed by atoms with Gasteiger partial charge in [0.2, 0.25) is 0 Å². The maximum Gasteiger partial charge on any atom is 0.151 e. The highest BCUT2D eigenvalue weighted by Gasteiger charge is 2.71. The molecule has 0 unspecified atom stereocenters. The Kier molecular flexibility index (Phi) is 6.81. The van der Waals surface area contributed by atoms with E-state index in [0.717, 1.165) is 86.9 Å². The van der Waals surface area contributed by atoms with E-state index in [1.54, 1.807) is 0 Å². The van der Waals surface area contributed by atoms with Gasteiger partial charge >= 0.3 is 0 Å². The van der Waals surface area contributed by atoms with Gasteiger partial charge in [-0.2, -0.15) is 0 Å². The van der Waals surface area contributed by atoms with Crippen molar-refractivity contribution < 1.29 is 9.18 Å². The van der Waals surface area contributed by atoms with E-state index in [9.17, 15) is 4.79 Å². The average molecular weight is 445 g/mol. The molecule has 0 saturated heterocycles. The first-order chi connectivity index (χ1) is 15.5. The summed E-state index contributed by atoms with van der Waals surface area (Å²) < 4.78 is 16.0. The molecule has 2 spiro atoms. The number of carbonyl (C=O) groups is 1. The molecule has 0 heterocycles. The van der Waals surface area contributed by atoms with Crippen molar-refractivity contribution in [2.75, 3.05) is 0 Å². The molecule has 0 aromatic heterocycles. The molecule has 32 heavy (non-hydrogen) atoms. The standard InChI is InChI=1S/C30H49FO/c1-3-21-5-9-23(10-6-21)25-13-17-29(18-14-25)27(31)30(28(29)32)19-15-26(16-20-30)24-11-7-22(4-2)8-12-24/h21-27H,3-20H2,1-2H3/t21?,22?,23?,24?,25?,26?,27?,29-,30-. The molecular weight excluding hydrogens is 395 g/mol. The second-order valence-electron chi connectivity index (χ2n) is 13.1. The van der Waals surface area contributed by atoms with Crippen LogP contribution in [-0.2, 0) is 4.79 Å². The first-order valence-corrected chi connectivity index (χ1v) is 14.7. The van der Waals surface area contributed by atoms with Gasteiger partial charge < -0.3 is 0 Å². The van der Waals surface area contributed by atoms with Crippen molar-refractivity contribution in [3.63, 3.8) is 0 Å². The molecule has 1 nitrogen and oxygen atoms in total. The highest BCUT2D eigenvalue weighted by molar-refractivity contribution is 5.98. The van der Waals surface area contributed by atoms with Crippen molar-refractivity contribution in [1.82, 2.24) is 0 Å². The summed E-state index contributed by atoms with van der Waals surface area (Å²) in [6.45, 7) is 4.66. The molecule has 0 N–H and O–H groups in total. The van der Waals surface area contributed by atoms with Gasteiger partial charge in [-0.25, -0.2) is 4.39 Å². The summed E-state index contributed by atoms with van der Waals surface area (Å²) in [4.78, 5) is 13.6. The fourth-order valence-corrected chi connectivity index (χ4v) is 9.53. The van der Waals surface area contributed by atoms with Crippen LogP contribution in [0.4, 0.5) is 4.39 Å². The largest absolute Gasteiger partial charge is 0.298 e. The fraction of sp³-hybridized carbons (Fsp3) is 0.967. The van der Waals surface area contributed by atoms with E-state index in [2.05, 4.69) is 13.8 Å². The number of alkyl halides is 1. The van der Waals surface area contributed by atoms with Gasteiger partial charge in [0.25, 0.3) is 0 Å². The molecule has 0 atom stereocenters. The molecule has 5 aliphatic carbocycles. The summed E-state index contributed by atoms with van der Waals surface area (Å²) in [5.41, 5.74) is -1.13. The fourth-order valence-electron chi connectivity index (χ4n) is 9.53. The Morgan fingerprint density at radius 1 is 0.594 bits per heavy atom. The number of hydrogen-bond donors (Lipinski definition) is 0. The Labute approximate surface area is 197 Å². The van der Waals surface area contributed by atoms with Gasteiger partial charge in [-0.05, 0) is 113 Å². The van der Waals surface area contributed by atoms with E-state index < -0.39 is 17.0 Å². The highest BCUT2D eigenvalue weighted by Crippen LogP contribution is 2.66. The molecule has 0 radical (unpaired) electrons. The van der Waals surface area contributed by atoms with Crippen LogP contribution < -0.4 is 0 Å². The minimum atomic E-state index is -0.837. The number of halogens is 1. The number of rotatable bonds is 4. The highest BCUT2D eigenvalue weighted by atomic mass is 19.1. The summed E-state index contributed by atoms with van der Waals surface area (Å²) in [7, 11) is 0. The molecule has 5 saturated carbocycles. The lowest BCUT2D eigenvalue weighted by Crippen LogP contribution is -2.69. The third-order valence-electron chi connectivity index (χ3n) is 12.0. The van der Waals surface area contributed by atoms with Crippen molar-refractivity contribution in [2.24, 2.45) is 46.3 Å². The first kappa shape index (κ1) is 23.3. The van der Waals surface area contributed by atoms with E-state index in [0.29, 0.717) is 5.78 Å². The Hall–Kier alpha value is -0.400. The Balaban J connectivity index is 1.13. The zero-order valence-corrected chi connectivity index (χ0v) is 21.1. The topological polar surface area (TPSA) is 17.1 Å². The molecule has 182 valence electrons. The molecule has 0 amide bonds. The molecule has 0 aromatic rings. The molecule has 0 aliphatic heterocycles. The third kappa shape index (κ3) is 3.82. The first-order valence-electron chi connectivity index (χ1n) is 14.7. The molecular formula is C30H49FO. The number of hydrogen-bond acceptors (Lipinski definition) is 1. The van der Waals surface area contributed by atoms with E-state index >= 15 is 4.39 Å². The summed E-state index contributed by atoms with van der Waals surface area (Å²) >= 11 is 0. The molecule has 0 aromatic carbocycles. The molecule has 5 aliphatic rings. The van der Waals surface area contributed by atoms with Gasteiger partial charge in [-0.15, -0.1) is 0 Å². The average Bonchev–Trinajstić information content (AvgIpc) is 2.88. The van der Waals surface area contributed by atoms with E-state index in [-0.39, 0.29) is 0 Å². The second kappa shape index (κ2) is 9.33. The molecule has 5 rings (SSSR count). The predicted molar refractivity (Wildman–Crippen MR) is 130 cm³/mol. The maximum atomic E-state index is 16.0. The van der Waals surface area contributed by atoms with Crippen LogP contribution in [0.25, 0.3) is 0 Å². The van der Waals surface area contributed by atoms with Gasteiger partial charge in [0.1, 0.15) is 6.17 Å². The van der Waals surface area contributed by atoms with Gasteiger partial charge in [0.15, 0.2) is 5.78 Å². The van der Waals surface area contributed by atoms with Crippen LogP contribution >= 0.6 is 0 Å². The Bertz CT molecular complexity index is 584. The molecule has 2 heteroatoms. The number of ketones is 1. The number of carbonyl (C=O) groups excluding carboxylic acids is 1. The van der Waals surface area contributed by atoms with Crippen LogP contribution in [0.3, 0.4) is 0 Å². The van der Waals surface area contributed by atoms with Crippen molar-refractivity contribution in [2.45, 2.75) is 136 Å². The zero-order valence-electron chi connectivity index (χ0n) is 21.1. The predicted octanol–water partition coefficient (Wildman–Crippen LogP) is 8.69. The van der Waals surface area contributed by atoms with Gasteiger partial charge in [-0.3, -0.25) is 4.79 Å². The summed E-state index contributed by atoms with van der Waals surface area (Å²) in [6, 6.07) is 0. The minimum absolute atomic E-state index is 0.374. The zero-order chi connectivity index (χ0) is 22.3. The molecule has 0 bridgehead atoms. The Morgan fingerprint density at radius 3 is 1.19 bits per heavy atom. The summed E-state index contributed by atoms with van der Waals surface area (Å²) in [5, 5.41) is 0. The van der Waals surface area contributed by atoms with Crippen LogP contribution in [0.15, 0.2) is 0 Å². The van der Waals surface area contributed by atoms with Crippen molar-refractivity contribution in [3.05, 3.63) is 0 Å². The third-order valence-corrected chi connectivity index (χ3v) is 12.0. The van der Waals surface area contributed by atoms with Crippen LogP contribution in [0.5, 0.6) is 0 Å². The van der Waals surface area contributed by atoms with Crippen LogP contribution in [0.2, 0.25) is 0 Å². The molecule has 5 fully saturated rings. The van der Waals surface area contributed by atoms with Crippen LogP contribution in [0.1, 0.15) is 129 Å². The lowest BCUT2D eigenvalue weighted by Gasteiger charge is -2.62. The summed E-state index contributed by atoms with van der Waals surface area (Å²) in [6.07, 6.45) is 20.9. The minimum Gasteiger partial charge on any atom is -0.298 e. The lowest BCUT2D eigenvalue weighted by atomic mass is 9.41. The van der Waals surface area contributed by atoms with Crippen LogP contribution in [-0.4, -0.2) is 12.0 Å². The van der Waals surface area contributed by atoms with Gasteiger partial charge in [0, 0.05) is 0 Å². The Morgan fingerprint density at radius 2 is 0.906 bits per heavy atom. The van der Waals surface area contributed by atoms with Gasteiger partial charge in [0.05, 0.1) is 10.8 Å². The second-order valence-corrected chi connectivity index (χ2v) is 13.1. The lowest BCUT2D eigenvalue weighted by molar-refractivity contribution is -0.194. The normalized spacial score (nSPS) is 49.8. The quantitative estimate of drug-likeness (QED) is 0.424. The van der Waals surface area contributed by atoms with E-state index in [1.807, 2.05) is 0 Å². The van der Waals surface area contributed by atoms with Crippen molar-refractivity contribution in [3.8, 4) is 0 Å².